The number of nitrogens with zero attached hydrogens (tertiary/aromatic N) is 5. The first-order valence-corrected chi connectivity index (χ1v) is 19.8. The van der Waals surface area contributed by atoms with Crippen molar-refractivity contribution < 1.29 is 35.5 Å². The normalized spacial score (nSPS) is 13.8. The molecular weight excluding hydrogens is 737 g/mol. The molecule has 0 aliphatic rings. The summed E-state index contributed by atoms with van der Waals surface area (Å²) in [5.41, 5.74) is -2.47. The van der Waals surface area contributed by atoms with E-state index in [0.29, 0.717) is 0 Å². The second-order valence-corrected chi connectivity index (χ2v) is 19.9. The molecule has 0 spiro atoms. The fourth-order valence-electron chi connectivity index (χ4n) is 5.77. The van der Waals surface area contributed by atoms with Gasteiger partial charge in [-0.3, -0.25) is 9.48 Å². The van der Waals surface area contributed by atoms with Crippen molar-refractivity contribution in [3.8, 4) is 11.7 Å². The smallest absolute Gasteiger partial charge is 0.399 e. The maximum atomic E-state index is 14.9. The van der Waals surface area contributed by atoms with Crippen LogP contribution in [-0.2, 0) is 21.5 Å². The van der Waals surface area contributed by atoms with E-state index in [0.717, 1.165) is 17.3 Å². The number of carbonyl (C=O) groups is 1. The monoisotopic (exact) mass is 774 g/mol. The van der Waals surface area contributed by atoms with Crippen LogP contribution in [0.3, 0.4) is 0 Å². The number of aromatic nitrogens is 5. The first-order valence-electron chi connectivity index (χ1n) is 16.0. The molecule has 0 aliphatic carbocycles. The molecule has 52 heavy (non-hydrogen) atoms. The van der Waals surface area contributed by atoms with E-state index in [9.17, 15) is 26.4 Å². The molecule has 3 heterocycles. The molecule has 0 bridgehead atoms. The van der Waals surface area contributed by atoms with E-state index in [4.69, 9.17) is 20.8 Å². The van der Waals surface area contributed by atoms with Crippen molar-refractivity contribution in [2.75, 3.05) is 13.2 Å². The summed E-state index contributed by atoms with van der Waals surface area (Å²) in [4.78, 5) is 16.8. The zero-order valence-corrected chi connectivity index (χ0v) is 31.8. The molecule has 1 unspecified atom stereocenters. The van der Waals surface area contributed by atoms with Crippen LogP contribution in [-0.4, -0.2) is 66.6 Å². The molecule has 2 aromatic carbocycles. The SMILES string of the molecule is Cc1nn(C)cc1S(=O)(=O)NC(=O)c1ccc(-n2ccc(OCC(C)(CO[Si](c3ccccc3)(c3ccccc3)C(C)(C)C)C(F)(F)F)n2)nc1Cl. The number of hydrogen-bond donors (Lipinski definition) is 1. The highest BCUT2D eigenvalue weighted by Gasteiger charge is 2.56. The Kier molecular flexibility index (Phi) is 10.8. The molecule has 0 saturated heterocycles. The van der Waals surface area contributed by atoms with Crippen LogP contribution in [0.5, 0.6) is 5.88 Å². The number of benzene rings is 2. The molecule has 0 aliphatic heterocycles. The summed E-state index contributed by atoms with van der Waals surface area (Å²) in [6.45, 7) is 7.01. The van der Waals surface area contributed by atoms with Crippen LogP contribution in [0.1, 0.15) is 43.7 Å². The predicted molar refractivity (Wildman–Crippen MR) is 192 cm³/mol. The number of alkyl halides is 3. The van der Waals surface area contributed by atoms with Gasteiger partial charge < -0.3 is 9.16 Å². The van der Waals surface area contributed by atoms with Crippen molar-refractivity contribution in [2.45, 2.75) is 50.7 Å². The van der Waals surface area contributed by atoms with E-state index >= 15 is 0 Å². The van der Waals surface area contributed by atoms with Crippen molar-refractivity contribution >= 4 is 46.2 Å². The lowest BCUT2D eigenvalue weighted by molar-refractivity contribution is -0.235. The lowest BCUT2D eigenvalue weighted by atomic mass is 9.92. The quantitative estimate of drug-likeness (QED) is 0.128. The van der Waals surface area contributed by atoms with Gasteiger partial charge in [-0.15, -0.1) is 5.10 Å². The minimum atomic E-state index is -4.71. The molecule has 17 heteroatoms. The highest BCUT2D eigenvalue weighted by atomic mass is 35.5. The zero-order chi connectivity index (χ0) is 38.1. The van der Waals surface area contributed by atoms with Crippen molar-refractivity contribution in [2.24, 2.45) is 12.5 Å². The average molecular weight is 775 g/mol. The van der Waals surface area contributed by atoms with E-state index < -0.39 is 54.1 Å². The van der Waals surface area contributed by atoms with Gasteiger partial charge in [0.2, 0.25) is 5.88 Å². The Hall–Kier alpha value is -4.51. The van der Waals surface area contributed by atoms with Crippen LogP contribution < -0.4 is 19.8 Å². The number of halogens is 4. The van der Waals surface area contributed by atoms with E-state index in [1.165, 1.54) is 46.9 Å². The first kappa shape index (κ1) is 38.7. The number of carbonyl (C=O) groups excluding carboxylic acids is 1. The number of nitrogens with one attached hydrogen (secondary N) is 1. The third kappa shape index (κ3) is 7.79. The second kappa shape index (κ2) is 14.5. The molecule has 5 aromatic rings. The van der Waals surface area contributed by atoms with E-state index in [2.05, 4.69) is 15.2 Å². The molecule has 1 amide bonds. The summed E-state index contributed by atoms with van der Waals surface area (Å²) in [7, 11) is -6.02. The Morgan fingerprint density at radius 1 is 0.904 bits per heavy atom. The Morgan fingerprint density at radius 2 is 1.50 bits per heavy atom. The maximum Gasteiger partial charge on any atom is 0.399 e. The van der Waals surface area contributed by atoms with Gasteiger partial charge in [-0.2, -0.15) is 18.3 Å². The fourth-order valence-corrected chi connectivity index (χ4v) is 11.9. The van der Waals surface area contributed by atoms with Crippen molar-refractivity contribution in [1.82, 2.24) is 29.3 Å². The first-order chi connectivity index (χ1) is 24.3. The summed E-state index contributed by atoms with van der Waals surface area (Å²) in [5, 5.41) is 8.99. The Labute approximate surface area is 305 Å². The van der Waals surface area contributed by atoms with Crippen LogP contribution in [0, 0.1) is 12.3 Å². The van der Waals surface area contributed by atoms with E-state index in [1.807, 2.05) is 86.2 Å². The molecule has 0 radical (unpaired) electrons. The van der Waals surface area contributed by atoms with Crippen molar-refractivity contribution in [3.05, 3.63) is 108 Å². The molecule has 0 fully saturated rings. The minimum Gasteiger partial charge on any atom is -0.476 e. The molecule has 1 atom stereocenters. The van der Waals surface area contributed by atoms with Gasteiger partial charge in [0.05, 0.1) is 17.9 Å². The number of aryl methyl sites for hydroxylation is 2. The second-order valence-electron chi connectivity index (χ2n) is 13.6. The van der Waals surface area contributed by atoms with Gasteiger partial charge in [0.25, 0.3) is 24.2 Å². The van der Waals surface area contributed by atoms with Crippen LogP contribution in [0.2, 0.25) is 10.2 Å². The number of rotatable bonds is 12. The van der Waals surface area contributed by atoms with Crippen LogP contribution in [0.15, 0.2) is 96.2 Å². The maximum absolute atomic E-state index is 14.9. The average Bonchev–Trinajstić information content (AvgIpc) is 3.69. The third-order valence-electron chi connectivity index (χ3n) is 8.61. The highest BCUT2D eigenvalue weighted by Crippen LogP contribution is 2.42. The lowest BCUT2D eigenvalue weighted by Gasteiger charge is -2.45. The third-order valence-corrected chi connectivity index (χ3v) is 15.3. The number of ether oxygens (including phenoxy) is 1. The van der Waals surface area contributed by atoms with Gasteiger partial charge in [-0.05, 0) is 41.4 Å². The zero-order valence-electron chi connectivity index (χ0n) is 29.3. The number of amides is 1. The standard InChI is InChI=1S/C35H38ClF3N6O5SSi/c1-24-28(21-44(6)41-24)51(47,48)43-32(46)27-17-18-29(40-31(27)36)45-20-19-30(42-45)49-22-34(5,35(37,38)39)23-50-52(33(2,3)4,25-13-9-7-10-14-25)26-15-11-8-12-16-26/h7-21H,22-23H2,1-6H3,(H,43,46). The van der Waals surface area contributed by atoms with Gasteiger partial charge in [-0.25, -0.2) is 22.8 Å². The summed E-state index contributed by atoms with van der Waals surface area (Å²) in [6, 6.07) is 22.7. The van der Waals surface area contributed by atoms with Crippen LogP contribution >= 0.6 is 11.6 Å². The number of hydrogen-bond acceptors (Lipinski definition) is 8. The van der Waals surface area contributed by atoms with Gasteiger partial charge in [0.15, 0.2) is 5.82 Å². The van der Waals surface area contributed by atoms with Gasteiger partial charge >= 0.3 is 6.18 Å². The Balaban J connectivity index is 1.34. The van der Waals surface area contributed by atoms with Gasteiger partial charge in [-0.1, -0.05) is 93.0 Å². The minimum absolute atomic E-state index is 0.0935. The predicted octanol–water partition coefficient (Wildman–Crippen LogP) is 5.61. The summed E-state index contributed by atoms with van der Waals surface area (Å²) >= 11 is 6.26. The van der Waals surface area contributed by atoms with Crippen LogP contribution in [0.25, 0.3) is 5.82 Å². The lowest BCUT2D eigenvalue weighted by Crippen LogP contribution is -2.67. The Bertz CT molecular complexity index is 2120. The van der Waals surface area contributed by atoms with Crippen molar-refractivity contribution in [3.63, 3.8) is 0 Å². The number of pyridine rings is 1. The van der Waals surface area contributed by atoms with Crippen molar-refractivity contribution in [1.29, 1.82) is 0 Å². The number of sulfonamides is 1. The molecule has 1 N–H and O–H groups in total. The van der Waals surface area contributed by atoms with E-state index in [1.54, 1.807) is 7.05 Å². The molecule has 5 rings (SSSR count). The molecular formula is C35H38ClF3N6O5SSi. The summed E-state index contributed by atoms with van der Waals surface area (Å²) in [6.07, 6.45) is -2.06. The molecule has 276 valence electrons. The van der Waals surface area contributed by atoms with Crippen LogP contribution in [0.4, 0.5) is 13.2 Å². The largest absolute Gasteiger partial charge is 0.476 e. The Morgan fingerprint density at radius 3 is 2.00 bits per heavy atom. The summed E-state index contributed by atoms with van der Waals surface area (Å²) in [5.74, 6) is -1.06. The molecule has 11 nitrogen and oxygen atoms in total. The van der Waals surface area contributed by atoms with E-state index in [-0.39, 0.29) is 33.0 Å². The summed E-state index contributed by atoms with van der Waals surface area (Å²) < 4.78 is 86.8. The molecule has 0 saturated carbocycles. The molecule has 3 aromatic heterocycles. The van der Waals surface area contributed by atoms with Gasteiger partial charge in [0, 0.05) is 25.5 Å². The highest BCUT2D eigenvalue weighted by molar-refractivity contribution is 7.90. The fraction of sp³-hybridized carbons (Fsp3) is 0.314. The van der Waals surface area contributed by atoms with Gasteiger partial charge in [0.1, 0.15) is 22.1 Å². The topological polar surface area (TPSA) is 130 Å².